The topological polar surface area (TPSA) is 46.5 Å². The van der Waals surface area contributed by atoms with Gasteiger partial charge in [-0.05, 0) is 34.1 Å². The van der Waals surface area contributed by atoms with Gasteiger partial charge in [-0.25, -0.2) is 4.79 Å². The molecule has 1 aromatic rings. The maximum atomic E-state index is 11.8. The Balaban J connectivity index is 2.53. The molecule has 18 heavy (non-hydrogen) atoms. The predicted octanol–water partition coefficient (Wildman–Crippen LogP) is 3.78. The van der Waals surface area contributed by atoms with Gasteiger partial charge in [-0.15, -0.1) is 0 Å². The van der Waals surface area contributed by atoms with Crippen LogP contribution in [0.1, 0.15) is 10.4 Å². The first kappa shape index (κ1) is 15.3. The van der Waals surface area contributed by atoms with Crippen LogP contribution in [0.2, 0.25) is 0 Å². The molecule has 0 heterocycles. The van der Waals surface area contributed by atoms with Gasteiger partial charge in [0.1, 0.15) is 6.61 Å². The molecule has 8 heteroatoms. The van der Waals surface area contributed by atoms with Crippen molar-refractivity contribution in [2.45, 2.75) is 11.1 Å². The van der Waals surface area contributed by atoms with Crippen molar-refractivity contribution in [2.24, 2.45) is 0 Å². The number of halogens is 4. The second kappa shape index (κ2) is 6.44. The predicted molar refractivity (Wildman–Crippen MR) is 63.8 cm³/mol. The largest absolute Gasteiger partial charge is 0.478 e. The number of carboxylic acids is 1. The van der Waals surface area contributed by atoms with Gasteiger partial charge in [-0.2, -0.15) is 13.2 Å². The van der Waals surface area contributed by atoms with Crippen LogP contribution in [0.5, 0.6) is 0 Å². The first-order chi connectivity index (χ1) is 8.29. The number of thioether (sulfide) groups is 1. The Morgan fingerprint density at radius 3 is 2.67 bits per heavy atom. The molecule has 0 aliphatic heterocycles. The minimum absolute atomic E-state index is 0.0517. The lowest BCUT2D eigenvalue weighted by atomic mass is 10.2. The van der Waals surface area contributed by atoms with Gasteiger partial charge in [0.25, 0.3) is 0 Å². The van der Waals surface area contributed by atoms with Gasteiger partial charge in [0.05, 0.1) is 11.5 Å². The molecule has 0 spiro atoms. The summed E-state index contributed by atoms with van der Waals surface area (Å²) in [4.78, 5) is 11.3. The maximum Gasteiger partial charge on any atom is 0.411 e. The van der Waals surface area contributed by atoms with Crippen molar-refractivity contribution in [1.29, 1.82) is 0 Å². The molecule has 3 nitrogen and oxygen atoms in total. The summed E-state index contributed by atoms with van der Waals surface area (Å²) in [6.07, 6.45) is -4.35. The molecule has 1 rings (SSSR count). The SMILES string of the molecule is O=C(O)c1cc(SCOCC(F)(F)F)ccc1Br. The van der Waals surface area contributed by atoms with E-state index < -0.39 is 18.8 Å². The average molecular weight is 345 g/mol. The molecular formula is C10H8BrF3O3S. The Bertz CT molecular complexity index is 437. The van der Waals surface area contributed by atoms with Crippen molar-refractivity contribution in [3.05, 3.63) is 28.2 Å². The summed E-state index contributed by atoms with van der Waals surface area (Å²) in [5, 5.41) is 8.85. The van der Waals surface area contributed by atoms with Crippen molar-refractivity contribution >= 4 is 33.7 Å². The van der Waals surface area contributed by atoms with Crippen LogP contribution in [-0.2, 0) is 4.74 Å². The van der Waals surface area contributed by atoms with E-state index in [0.29, 0.717) is 9.37 Å². The van der Waals surface area contributed by atoms with Gasteiger partial charge < -0.3 is 9.84 Å². The van der Waals surface area contributed by atoms with E-state index in [-0.39, 0.29) is 11.5 Å². The smallest absolute Gasteiger partial charge is 0.411 e. The quantitative estimate of drug-likeness (QED) is 0.501. The third-order valence-electron chi connectivity index (χ3n) is 1.74. The number of alkyl halides is 3. The molecule has 0 aliphatic rings. The lowest BCUT2D eigenvalue weighted by molar-refractivity contribution is -0.168. The van der Waals surface area contributed by atoms with Crippen LogP contribution in [0.25, 0.3) is 0 Å². The van der Waals surface area contributed by atoms with Crippen molar-refractivity contribution in [3.8, 4) is 0 Å². The lowest BCUT2D eigenvalue weighted by Gasteiger charge is -2.08. The van der Waals surface area contributed by atoms with Gasteiger partial charge in [0, 0.05) is 9.37 Å². The second-order valence-corrected chi connectivity index (χ2v) is 5.02. The molecule has 1 aromatic carbocycles. The molecule has 0 saturated heterocycles. The first-order valence-electron chi connectivity index (χ1n) is 4.60. The maximum absolute atomic E-state index is 11.8. The lowest BCUT2D eigenvalue weighted by Crippen LogP contribution is -2.16. The Morgan fingerprint density at radius 1 is 1.44 bits per heavy atom. The molecule has 0 unspecified atom stereocenters. The Hall–Kier alpha value is -0.730. The third kappa shape index (κ3) is 5.28. The first-order valence-corrected chi connectivity index (χ1v) is 6.37. The highest BCUT2D eigenvalue weighted by Gasteiger charge is 2.27. The summed E-state index contributed by atoms with van der Waals surface area (Å²) < 4.78 is 40.2. The molecule has 0 atom stereocenters. The average Bonchev–Trinajstić information content (AvgIpc) is 2.24. The van der Waals surface area contributed by atoms with E-state index in [1.54, 1.807) is 6.07 Å². The fraction of sp³-hybridized carbons (Fsp3) is 0.300. The Kier molecular flexibility index (Phi) is 5.48. The Labute approximate surface area is 113 Å². The number of benzene rings is 1. The number of carboxylic acid groups (broad SMARTS) is 1. The summed E-state index contributed by atoms with van der Waals surface area (Å²) in [5.41, 5.74) is 0.0517. The van der Waals surface area contributed by atoms with Gasteiger partial charge in [0.2, 0.25) is 0 Å². The monoisotopic (exact) mass is 344 g/mol. The fourth-order valence-corrected chi connectivity index (χ4v) is 2.11. The van der Waals surface area contributed by atoms with E-state index in [0.717, 1.165) is 11.8 Å². The molecule has 0 amide bonds. The summed E-state index contributed by atoms with van der Waals surface area (Å²) >= 11 is 4.06. The van der Waals surface area contributed by atoms with Crippen LogP contribution in [0, 0.1) is 0 Å². The highest BCUT2D eigenvalue weighted by molar-refractivity contribution is 9.10. The Morgan fingerprint density at radius 2 is 2.11 bits per heavy atom. The van der Waals surface area contributed by atoms with Gasteiger partial charge in [-0.3, -0.25) is 0 Å². The molecule has 0 aliphatic carbocycles. The number of carbonyl (C=O) groups is 1. The molecule has 0 radical (unpaired) electrons. The minimum Gasteiger partial charge on any atom is -0.478 e. The van der Waals surface area contributed by atoms with Crippen molar-refractivity contribution < 1.29 is 27.8 Å². The summed E-state index contributed by atoms with van der Waals surface area (Å²) in [5.74, 6) is -1.30. The molecule has 0 saturated carbocycles. The van der Waals surface area contributed by atoms with Crippen LogP contribution in [0.15, 0.2) is 27.6 Å². The van der Waals surface area contributed by atoms with Gasteiger partial charge in [0.15, 0.2) is 0 Å². The van der Waals surface area contributed by atoms with E-state index in [2.05, 4.69) is 20.7 Å². The normalized spacial score (nSPS) is 11.6. The molecule has 1 N–H and O–H groups in total. The highest BCUT2D eigenvalue weighted by Crippen LogP contribution is 2.25. The number of aromatic carboxylic acids is 1. The molecule has 0 bridgehead atoms. The molecule has 0 fully saturated rings. The molecular weight excluding hydrogens is 337 g/mol. The highest BCUT2D eigenvalue weighted by atomic mass is 79.9. The second-order valence-electron chi connectivity index (χ2n) is 3.17. The summed E-state index contributed by atoms with van der Waals surface area (Å²) in [6.45, 7) is -1.32. The van der Waals surface area contributed by atoms with Crippen LogP contribution in [-0.4, -0.2) is 29.8 Å². The number of rotatable bonds is 5. The minimum atomic E-state index is -4.35. The van der Waals surface area contributed by atoms with E-state index in [1.807, 2.05) is 0 Å². The van der Waals surface area contributed by atoms with E-state index in [1.165, 1.54) is 12.1 Å². The van der Waals surface area contributed by atoms with E-state index >= 15 is 0 Å². The fourth-order valence-electron chi connectivity index (χ4n) is 1.03. The van der Waals surface area contributed by atoms with E-state index in [4.69, 9.17) is 5.11 Å². The van der Waals surface area contributed by atoms with Crippen LogP contribution in [0.4, 0.5) is 13.2 Å². The number of hydrogen-bond donors (Lipinski definition) is 1. The summed E-state index contributed by atoms with van der Waals surface area (Å²) in [6, 6.07) is 4.49. The number of hydrogen-bond acceptors (Lipinski definition) is 3. The summed E-state index contributed by atoms with van der Waals surface area (Å²) in [7, 11) is 0. The van der Waals surface area contributed by atoms with Gasteiger partial charge in [-0.1, -0.05) is 11.8 Å². The van der Waals surface area contributed by atoms with Crippen LogP contribution < -0.4 is 0 Å². The van der Waals surface area contributed by atoms with Gasteiger partial charge >= 0.3 is 12.1 Å². The van der Waals surface area contributed by atoms with E-state index in [9.17, 15) is 18.0 Å². The molecule has 0 aromatic heterocycles. The zero-order chi connectivity index (χ0) is 13.8. The molecule has 100 valence electrons. The number of ether oxygens (including phenoxy) is 1. The van der Waals surface area contributed by atoms with Crippen LogP contribution >= 0.6 is 27.7 Å². The van der Waals surface area contributed by atoms with Crippen molar-refractivity contribution in [2.75, 3.05) is 12.5 Å². The third-order valence-corrected chi connectivity index (χ3v) is 3.31. The zero-order valence-corrected chi connectivity index (χ0v) is 11.2. The van der Waals surface area contributed by atoms with Crippen molar-refractivity contribution in [3.63, 3.8) is 0 Å². The van der Waals surface area contributed by atoms with Crippen LogP contribution in [0.3, 0.4) is 0 Å². The standard InChI is InChI=1S/C10H8BrF3O3S/c11-8-2-1-6(3-7(8)9(15)16)18-5-17-4-10(12,13)14/h1-3H,4-5H2,(H,15,16). The zero-order valence-electron chi connectivity index (χ0n) is 8.83. The van der Waals surface area contributed by atoms with Crippen molar-refractivity contribution in [1.82, 2.24) is 0 Å².